The lowest BCUT2D eigenvalue weighted by Gasteiger charge is -2.26. The molecule has 0 amide bonds. The van der Waals surface area contributed by atoms with E-state index in [1.807, 2.05) is 0 Å². The van der Waals surface area contributed by atoms with Crippen molar-refractivity contribution in [3.8, 4) is 5.75 Å². The summed E-state index contributed by atoms with van der Waals surface area (Å²) in [4.78, 5) is 0. The molecule has 0 aliphatic heterocycles. The predicted octanol–water partition coefficient (Wildman–Crippen LogP) is 2.55. The summed E-state index contributed by atoms with van der Waals surface area (Å²) in [6, 6.07) is 7.02. The second kappa shape index (κ2) is 7.65. The molecule has 0 aromatic heterocycles. The van der Waals surface area contributed by atoms with Gasteiger partial charge in [0.2, 0.25) is 0 Å². The van der Waals surface area contributed by atoms with Gasteiger partial charge in [0.25, 0.3) is 0 Å². The number of aliphatic hydroxyl groups is 1. The predicted molar refractivity (Wildman–Crippen MR) is 82.3 cm³/mol. The summed E-state index contributed by atoms with van der Waals surface area (Å²) in [5.74, 6) is 1.38. The number of benzene rings is 1. The normalized spacial score (nSPS) is 19.4. The SMILES string of the molecule is COc1ccc2c(c1)CC(NCCCC(C)CO)CC2. The van der Waals surface area contributed by atoms with Crippen LogP contribution in [0, 0.1) is 5.92 Å². The molecule has 0 saturated carbocycles. The summed E-state index contributed by atoms with van der Waals surface area (Å²) in [5, 5.41) is 12.7. The molecule has 0 saturated heterocycles. The summed E-state index contributed by atoms with van der Waals surface area (Å²) in [6.45, 7) is 3.45. The van der Waals surface area contributed by atoms with Gasteiger partial charge in [0.15, 0.2) is 0 Å². The van der Waals surface area contributed by atoms with E-state index >= 15 is 0 Å². The van der Waals surface area contributed by atoms with Crippen LogP contribution >= 0.6 is 0 Å². The average Bonchev–Trinajstić information content (AvgIpc) is 2.50. The first-order valence-electron chi connectivity index (χ1n) is 7.73. The molecular formula is C17H27NO2. The Bertz CT molecular complexity index is 419. The Hall–Kier alpha value is -1.06. The minimum atomic E-state index is 0.302. The summed E-state index contributed by atoms with van der Waals surface area (Å²) < 4.78 is 5.31. The molecule has 1 aliphatic rings. The first-order valence-corrected chi connectivity index (χ1v) is 7.73. The Morgan fingerprint density at radius 3 is 3.00 bits per heavy atom. The quantitative estimate of drug-likeness (QED) is 0.753. The second-order valence-corrected chi connectivity index (χ2v) is 5.96. The molecule has 0 radical (unpaired) electrons. The van der Waals surface area contributed by atoms with Crippen molar-refractivity contribution in [1.82, 2.24) is 5.32 Å². The first-order chi connectivity index (χ1) is 9.72. The van der Waals surface area contributed by atoms with E-state index in [0.717, 1.165) is 38.0 Å². The Balaban J connectivity index is 1.78. The molecule has 2 rings (SSSR count). The number of fused-ring (bicyclic) bond motifs is 1. The van der Waals surface area contributed by atoms with Crippen molar-refractivity contribution in [2.45, 2.75) is 45.1 Å². The Kier molecular flexibility index (Phi) is 5.86. The highest BCUT2D eigenvalue weighted by Gasteiger charge is 2.18. The Labute approximate surface area is 122 Å². The summed E-state index contributed by atoms with van der Waals surface area (Å²) in [7, 11) is 1.72. The van der Waals surface area contributed by atoms with Crippen molar-refractivity contribution in [3.63, 3.8) is 0 Å². The highest BCUT2D eigenvalue weighted by atomic mass is 16.5. The molecule has 2 unspecified atom stereocenters. The van der Waals surface area contributed by atoms with Gasteiger partial charge < -0.3 is 15.2 Å². The summed E-state index contributed by atoms with van der Waals surface area (Å²) in [6.07, 6.45) is 5.71. The molecule has 2 atom stereocenters. The van der Waals surface area contributed by atoms with E-state index in [-0.39, 0.29) is 0 Å². The lowest BCUT2D eigenvalue weighted by Crippen LogP contribution is -2.35. The first kappa shape index (κ1) is 15.3. The van der Waals surface area contributed by atoms with E-state index in [2.05, 4.69) is 30.4 Å². The monoisotopic (exact) mass is 277 g/mol. The highest BCUT2D eigenvalue weighted by molar-refractivity contribution is 5.37. The molecule has 3 nitrogen and oxygen atoms in total. The van der Waals surface area contributed by atoms with Gasteiger partial charge >= 0.3 is 0 Å². The van der Waals surface area contributed by atoms with Crippen LogP contribution in [0.3, 0.4) is 0 Å². The summed E-state index contributed by atoms with van der Waals surface area (Å²) in [5.41, 5.74) is 2.90. The maximum atomic E-state index is 9.01. The van der Waals surface area contributed by atoms with E-state index in [1.165, 1.54) is 17.5 Å². The average molecular weight is 277 g/mol. The number of hydrogen-bond donors (Lipinski definition) is 2. The van der Waals surface area contributed by atoms with Crippen LogP contribution < -0.4 is 10.1 Å². The zero-order valence-corrected chi connectivity index (χ0v) is 12.7. The zero-order chi connectivity index (χ0) is 14.4. The van der Waals surface area contributed by atoms with E-state index in [0.29, 0.717) is 18.6 Å². The van der Waals surface area contributed by atoms with Gasteiger partial charge in [-0.05, 0) is 67.8 Å². The van der Waals surface area contributed by atoms with Crippen LogP contribution in [-0.4, -0.2) is 31.4 Å². The molecular weight excluding hydrogens is 250 g/mol. The molecule has 0 spiro atoms. The molecule has 1 aromatic rings. The van der Waals surface area contributed by atoms with Gasteiger partial charge in [-0.1, -0.05) is 13.0 Å². The van der Waals surface area contributed by atoms with Gasteiger partial charge in [-0.3, -0.25) is 0 Å². The van der Waals surface area contributed by atoms with Crippen LogP contribution in [0.1, 0.15) is 37.3 Å². The molecule has 3 heteroatoms. The molecule has 1 aromatic carbocycles. The molecule has 2 N–H and O–H groups in total. The number of ether oxygens (including phenoxy) is 1. The van der Waals surface area contributed by atoms with Crippen molar-refractivity contribution in [2.75, 3.05) is 20.3 Å². The van der Waals surface area contributed by atoms with Gasteiger partial charge in [0.1, 0.15) is 5.75 Å². The van der Waals surface area contributed by atoms with Gasteiger partial charge in [0, 0.05) is 12.6 Å². The number of aliphatic hydroxyl groups excluding tert-OH is 1. The van der Waals surface area contributed by atoms with Gasteiger partial charge in [-0.25, -0.2) is 0 Å². The van der Waals surface area contributed by atoms with Crippen LogP contribution in [0.2, 0.25) is 0 Å². The number of methoxy groups -OCH3 is 1. The van der Waals surface area contributed by atoms with E-state index in [4.69, 9.17) is 9.84 Å². The van der Waals surface area contributed by atoms with Crippen molar-refractivity contribution in [2.24, 2.45) is 5.92 Å². The smallest absolute Gasteiger partial charge is 0.119 e. The second-order valence-electron chi connectivity index (χ2n) is 5.96. The third-order valence-electron chi connectivity index (χ3n) is 4.26. The fourth-order valence-electron chi connectivity index (χ4n) is 2.88. The minimum Gasteiger partial charge on any atom is -0.497 e. The van der Waals surface area contributed by atoms with Crippen LogP contribution in [0.5, 0.6) is 5.75 Å². The van der Waals surface area contributed by atoms with Crippen molar-refractivity contribution < 1.29 is 9.84 Å². The minimum absolute atomic E-state index is 0.302. The third-order valence-corrected chi connectivity index (χ3v) is 4.26. The molecule has 1 aliphatic carbocycles. The standard InChI is InChI=1S/C17H27NO2/c1-13(12-19)4-3-9-18-16-7-5-14-6-8-17(20-2)11-15(14)10-16/h6,8,11,13,16,18-19H,3-5,7,9-10,12H2,1-2H3. The molecule has 112 valence electrons. The van der Waals surface area contributed by atoms with Crippen LogP contribution in [0.25, 0.3) is 0 Å². The largest absolute Gasteiger partial charge is 0.497 e. The van der Waals surface area contributed by atoms with Crippen LogP contribution in [-0.2, 0) is 12.8 Å². The van der Waals surface area contributed by atoms with E-state index in [9.17, 15) is 0 Å². The Morgan fingerprint density at radius 2 is 2.25 bits per heavy atom. The van der Waals surface area contributed by atoms with Crippen LogP contribution in [0.4, 0.5) is 0 Å². The highest BCUT2D eigenvalue weighted by Crippen LogP contribution is 2.25. The Morgan fingerprint density at radius 1 is 1.40 bits per heavy atom. The van der Waals surface area contributed by atoms with E-state index < -0.39 is 0 Å². The van der Waals surface area contributed by atoms with Gasteiger partial charge in [0.05, 0.1) is 7.11 Å². The fraction of sp³-hybridized carbons (Fsp3) is 0.647. The number of nitrogens with one attached hydrogen (secondary N) is 1. The molecule has 0 bridgehead atoms. The van der Waals surface area contributed by atoms with Gasteiger partial charge in [-0.2, -0.15) is 0 Å². The van der Waals surface area contributed by atoms with Crippen molar-refractivity contribution >= 4 is 0 Å². The van der Waals surface area contributed by atoms with Crippen molar-refractivity contribution in [1.29, 1.82) is 0 Å². The molecule has 0 heterocycles. The number of aryl methyl sites for hydroxylation is 1. The van der Waals surface area contributed by atoms with E-state index in [1.54, 1.807) is 7.11 Å². The topological polar surface area (TPSA) is 41.5 Å². The number of rotatable bonds is 7. The van der Waals surface area contributed by atoms with Crippen molar-refractivity contribution in [3.05, 3.63) is 29.3 Å². The number of hydrogen-bond acceptors (Lipinski definition) is 3. The lowest BCUT2D eigenvalue weighted by molar-refractivity contribution is 0.227. The van der Waals surface area contributed by atoms with Crippen LogP contribution in [0.15, 0.2) is 18.2 Å². The zero-order valence-electron chi connectivity index (χ0n) is 12.7. The maximum Gasteiger partial charge on any atom is 0.119 e. The molecule has 0 fully saturated rings. The maximum absolute atomic E-state index is 9.01. The third kappa shape index (κ3) is 4.22. The summed E-state index contributed by atoms with van der Waals surface area (Å²) >= 11 is 0. The van der Waals surface area contributed by atoms with Gasteiger partial charge in [-0.15, -0.1) is 0 Å². The molecule has 20 heavy (non-hydrogen) atoms. The fourth-order valence-corrected chi connectivity index (χ4v) is 2.88. The lowest BCUT2D eigenvalue weighted by atomic mass is 9.88.